The maximum absolute atomic E-state index is 12.9. The van der Waals surface area contributed by atoms with E-state index in [0.717, 1.165) is 0 Å². The quantitative estimate of drug-likeness (QED) is 0.397. The third-order valence-corrected chi connectivity index (χ3v) is 5.19. The topological polar surface area (TPSA) is 96.3 Å². The van der Waals surface area contributed by atoms with Crippen molar-refractivity contribution in [1.82, 2.24) is 4.90 Å². The summed E-state index contributed by atoms with van der Waals surface area (Å²) in [5, 5.41) is 20.6. The Morgan fingerprint density at radius 2 is 1.73 bits per heavy atom. The number of hydrogen-bond acceptors (Lipinski definition) is 6. The molecule has 1 aliphatic rings. The molecule has 2 aromatic rings. The van der Waals surface area contributed by atoms with Gasteiger partial charge < -0.3 is 24.6 Å². The van der Waals surface area contributed by atoms with Crippen LogP contribution in [0.5, 0.6) is 11.5 Å². The van der Waals surface area contributed by atoms with Crippen LogP contribution in [0.2, 0.25) is 5.02 Å². The maximum atomic E-state index is 12.9. The van der Waals surface area contributed by atoms with Gasteiger partial charge in [0.05, 0.1) is 25.8 Å². The van der Waals surface area contributed by atoms with Gasteiger partial charge in [0.25, 0.3) is 11.7 Å². The third-order valence-electron chi connectivity index (χ3n) is 4.94. The molecule has 1 fully saturated rings. The van der Waals surface area contributed by atoms with E-state index < -0.39 is 17.7 Å². The van der Waals surface area contributed by atoms with Gasteiger partial charge in [0.15, 0.2) is 11.5 Å². The Morgan fingerprint density at radius 3 is 2.33 bits per heavy atom. The summed E-state index contributed by atoms with van der Waals surface area (Å²) in [6.45, 7) is 0.0102. The fraction of sp³-hybridized carbons (Fsp3) is 0.273. The van der Waals surface area contributed by atoms with E-state index in [-0.39, 0.29) is 30.9 Å². The minimum absolute atomic E-state index is 0.0347. The van der Waals surface area contributed by atoms with Gasteiger partial charge in [-0.15, -0.1) is 0 Å². The number of Topliss-reactive ketones (excluding diaryl/α,β-unsaturated/α-hetero) is 1. The lowest BCUT2D eigenvalue weighted by atomic mass is 9.95. The predicted octanol–water partition coefficient (Wildman–Crippen LogP) is 3.16. The summed E-state index contributed by atoms with van der Waals surface area (Å²) in [6.07, 6.45) is 0.289. The fourth-order valence-corrected chi connectivity index (χ4v) is 3.61. The van der Waals surface area contributed by atoms with Gasteiger partial charge in [-0.1, -0.05) is 17.7 Å². The first-order chi connectivity index (χ1) is 14.4. The lowest BCUT2D eigenvalue weighted by molar-refractivity contribution is -0.140. The lowest BCUT2D eigenvalue weighted by Crippen LogP contribution is -2.31. The fourth-order valence-electron chi connectivity index (χ4n) is 3.48. The van der Waals surface area contributed by atoms with Crippen molar-refractivity contribution in [3.63, 3.8) is 0 Å². The van der Waals surface area contributed by atoms with Crippen molar-refractivity contribution in [3.8, 4) is 11.5 Å². The molecule has 2 N–H and O–H groups in total. The number of carbonyl (C=O) groups is 2. The summed E-state index contributed by atoms with van der Waals surface area (Å²) >= 11 is 5.92. The Morgan fingerprint density at radius 1 is 1.07 bits per heavy atom. The lowest BCUT2D eigenvalue weighted by Gasteiger charge is -2.25. The number of halogens is 1. The molecule has 2 aromatic carbocycles. The number of nitrogens with zero attached hydrogens (tertiary/aromatic N) is 1. The summed E-state index contributed by atoms with van der Waals surface area (Å²) in [4.78, 5) is 27.0. The number of methoxy groups -OCH3 is 2. The van der Waals surface area contributed by atoms with Crippen LogP contribution >= 0.6 is 11.6 Å². The highest BCUT2D eigenvalue weighted by molar-refractivity contribution is 6.46. The summed E-state index contributed by atoms with van der Waals surface area (Å²) < 4.78 is 10.6. The molecule has 3 rings (SSSR count). The molecule has 0 aromatic heterocycles. The van der Waals surface area contributed by atoms with Crippen molar-refractivity contribution in [1.29, 1.82) is 0 Å². The number of ketones is 1. The molecule has 0 spiro atoms. The highest BCUT2D eigenvalue weighted by atomic mass is 35.5. The Kier molecular flexibility index (Phi) is 6.64. The van der Waals surface area contributed by atoms with Crippen molar-refractivity contribution in [2.45, 2.75) is 12.5 Å². The van der Waals surface area contributed by atoms with Crippen molar-refractivity contribution >= 4 is 29.1 Å². The van der Waals surface area contributed by atoms with E-state index in [1.807, 2.05) is 0 Å². The summed E-state index contributed by atoms with van der Waals surface area (Å²) in [6, 6.07) is 10.5. The molecule has 0 aliphatic carbocycles. The molecule has 1 saturated heterocycles. The van der Waals surface area contributed by atoms with Crippen molar-refractivity contribution in [3.05, 3.63) is 64.2 Å². The first kappa shape index (κ1) is 21.7. The number of rotatable bonds is 7. The average molecular weight is 432 g/mol. The highest BCUT2D eigenvalue weighted by Crippen LogP contribution is 2.42. The number of ether oxygens (including phenoxy) is 2. The van der Waals surface area contributed by atoms with Crippen molar-refractivity contribution < 1.29 is 29.3 Å². The molecule has 1 heterocycles. The number of amides is 1. The van der Waals surface area contributed by atoms with E-state index in [4.69, 9.17) is 21.1 Å². The Labute approximate surface area is 179 Å². The van der Waals surface area contributed by atoms with E-state index in [0.29, 0.717) is 27.6 Å². The summed E-state index contributed by atoms with van der Waals surface area (Å²) in [7, 11) is 2.99. The van der Waals surface area contributed by atoms with Crippen LogP contribution in [0.15, 0.2) is 48.0 Å². The first-order valence-corrected chi connectivity index (χ1v) is 9.67. The summed E-state index contributed by atoms with van der Waals surface area (Å²) in [5.41, 5.74) is 0.901. The summed E-state index contributed by atoms with van der Waals surface area (Å²) in [5.74, 6) is -0.907. The molecule has 0 saturated carbocycles. The first-order valence-electron chi connectivity index (χ1n) is 9.30. The van der Waals surface area contributed by atoms with Gasteiger partial charge in [-0.2, -0.15) is 0 Å². The molecule has 1 atom stereocenters. The molecule has 0 bridgehead atoms. The number of benzene rings is 2. The van der Waals surface area contributed by atoms with Crippen molar-refractivity contribution in [2.24, 2.45) is 0 Å². The van der Waals surface area contributed by atoms with E-state index in [1.54, 1.807) is 42.5 Å². The van der Waals surface area contributed by atoms with Crippen LogP contribution in [0.25, 0.3) is 5.76 Å². The number of hydrogen-bond donors (Lipinski definition) is 2. The monoisotopic (exact) mass is 431 g/mol. The van der Waals surface area contributed by atoms with Crippen LogP contribution in [0.1, 0.15) is 23.6 Å². The van der Waals surface area contributed by atoms with Gasteiger partial charge in [0, 0.05) is 23.7 Å². The van der Waals surface area contributed by atoms with Crippen LogP contribution in [0.4, 0.5) is 0 Å². The highest BCUT2D eigenvalue weighted by Gasteiger charge is 2.46. The number of likely N-dealkylation sites (tertiary alicyclic amines) is 1. The van der Waals surface area contributed by atoms with Gasteiger partial charge in [0.1, 0.15) is 5.76 Å². The van der Waals surface area contributed by atoms with E-state index in [1.165, 1.54) is 19.1 Å². The zero-order chi connectivity index (χ0) is 21.8. The normalized spacial score (nSPS) is 18.0. The predicted molar refractivity (Wildman–Crippen MR) is 112 cm³/mol. The molecule has 8 heteroatoms. The molecule has 1 unspecified atom stereocenters. The standard InChI is InChI=1S/C22H22ClNO6/c1-29-16-9-6-14(12-17(16)30-2)19-18(20(26)13-4-7-15(23)8-5-13)21(27)22(28)24(19)10-3-11-25/h4-9,12,19,25-26H,3,10-11H2,1-2H3/b20-18+. The second-order valence-corrected chi connectivity index (χ2v) is 7.13. The molecule has 158 valence electrons. The second kappa shape index (κ2) is 9.19. The second-order valence-electron chi connectivity index (χ2n) is 6.69. The molecule has 1 aliphatic heterocycles. The third kappa shape index (κ3) is 3.99. The van der Waals surface area contributed by atoms with Crippen LogP contribution in [0.3, 0.4) is 0 Å². The average Bonchev–Trinajstić information content (AvgIpc) is 3.01. The van der Waals surface area contributed by atoms with Gasteiger partial charge in [-0.05, 0) is 48.4 Å². The van der Waals surface area contributed by atoms with Crippen LogP contribution in [-0.4, -0.2) is 54.2 Å². The van der Waals surface area contributed by atoms with Gasteiger partial charge in [-0.25, -0.2) is 0 Å². The minimum Gasteiger partial charge on any atom is -0.507 e. The number of aliphatic hydroxyl groups is 2. The SMILES string of the molecule is COc1ccc(C2/C(=C(\O)c3ccc(Cl)cc3)C(=O)C(=O)N2CCCO)cc1OC. The maximum Gasteiger partial charge on any atom is 0.295 e. The number of carbonyl (C=O) groups excluding carboxylic acids is 2. The number of aliphatic hydroxyl groups excluding tert-OH is 2. The Bertz CT molecular complexity index is 986. The van der Waals surface area contributed by atoms with E-state index in [9.17, 15) is 19.8 Å². The van der Waals surface area contributed by atoms with Crippen molar-refractivity contribution in [2.75, 3.05) is 27.4 Å². The Balaban J connectivity index is 2.18. The van der Waals surface area contributed by atoms with E-state index in [2.05, 4.69) is 0 Å². The van der Waals surface area contributed by atoms with Crippen LogP contribution in [-0.2, 0) is 9.59 Å². The molecule has 0 radical (unpaired) electrons. The molecule has 1 amide bonds. The minimum atomic E-state index is -0.841. The molecule has 7 nitrogen and oxygen atoms in total. The molecule has 30 heavy (non-hydrogen) atoms. The van der Waals surface area contributed by atoms with Gasteiger partial charge >= 0.3 is 0 Å². The zero-order valence-corrected chi connectivity index (χ0v) is 17.3. The molecular formula is C22H22ClNO6. The Hall–Kier alpha value is -3.03. The van der Waals surface area contributed by atoms with Gasteiger partial charge in [0.2, 0.25) is 0 Å². The van der Waals surface area contributed by atoms with Crippen LogP contribution < -0.4 is 9.47 Å². The molecular weight excluding hydrogens is 410 g/mol. The van der Waals surface area contributed by atoms with E-state index >= 15 is 0 Å². The van der Waals surface area contributed by atoms with Crippen LogP contribution in [0, 0.1) is 0 Å². The smallest absolute Gasteiger partial charge is 0.295 e. The zero-order valence-electron chi connectivity index (χ0n) is 16.6. The van der Waals surface area contributed by atoms with Gasteiger partial charge in [-0.3, -0.25) is 9.59 Å². The largest absolute Gasteiger partial charge is 0.507 e.